The number of aromatic nitrogens is 1. The molecule has 5 nitrogen and oxygen atoms in total. The molecule has 3 rings (SSSR count). The third-order valence-electron chi connectivity index (χ3n) is 4.32. The van der Waals surface area contributed by atoms with Crippen molar-refractivity contribution in [1.29, 1.82) is 0 Å². The standard InChI is InChI=1S/C22H23N3O2/c1-16(17-8-4-3-5-9-17)25-21-13-12-19(15-23-21)22(26)24-14-18-10-6-7-11-20(18)27-2/h3-13,15-16H,14H2,1-2H3,(H,23,25)(H,24,26). The molecule has 0 radical (unpaired) electrons. The molecule has 0 saturated heterocycles. The van der Waals surface area contributed by atoms with Gasteiger partial charge in [-0.15, -0.1) is 0 Å². The van der Waals surface area contributed by atoms with Crippen molar-refractivity contribution in [3.05, 3.63) is 89.6 Å². The van der Waals surface area contributed by atoms with Crippen LogP contribution >= 0.6 is 0 Å². The van der Waals surface area contributed by atoms with Gasteiger partial charge in [-0.3, -0.25) is 4.79 Å². The molecule has 0 aliphatic carbocycles. The number of anilines is 1. The Hall–Kier alpha value is -3.34. The lowest BCUT2D eigenvalue weighted by molar-refractivity contribution is 0.0950. The fourth-order valence-electron chi connectivity index (χ4n) is 2.79. The van der Waals surface area contributed by atoms with Crippen molar-refractivity contribution in [3.63, 3.8) is 0 Å². The summed E-state index contributed by atoms with van der Waals surface area (Å²) in [6, 6.07) is 21.5. The van der Waals surface area contributed by atoms with Crippen molar-refractivity contribution in [3.8, 4) is 5.75 Å². The highest BCUT2D eigenvalue weighted by molar-refractivity contribution is 5.94. The monoisotopic (exact) mass is 361 g/mol. The first kappa shape index (κ1) is 18.5. The number of pyridine rings is 1. The van der Waals surface area contributed by atoms with Gasteiger partial charge in [0.1, 0.15) is 11.6 Å². The SMILES string of the molecule is COc1ccccc1CNC(=O)c1ccc(NC(C)c2ccccc2)nc1. The smallest absolute Gasteiger partial charge is 0.253 e. The van der Waals surface area contributed by atoms with Crippen LogP contribution in [0, 0.1) is 0 Å². The summed E-state index contributed by atoms with van der Waals surface area (Å²) in [5.41, 5.74) is 2.62. The van der Waals surface area contributed by atoms with Crippen molar-refractivity contribution in [2.45, 2.75) is 19.5 Å². The number of hydrogen-bond donors (Lipinski definition) is 2. The van der Waals surface area contributed by atoms with E-state index in [9.17, 15) is 4.79 Å². The van der Waals surface area contributed by atoms with E-state index in [1.54, 1.807) is 19.4 Å². The molecular formula is C22H23N3O2. The van der Waals surface area contributed by atoms with Crippen molar-refractivity contribution < 1.29 is 9.53 Å². The molecule has 1 aromatic heterocycles. The molecule has 27 heavy (non-hydrogen) atoms. The summed E-state index contributed by atoms with van der Waals surface area (Å²) in [6.07, 6.45) is 1.58. The molecule has 2 aromatic carbocycles. The van der Waals surface area contributed by atoms with Crippen LogP contribution in [-0.2, 0) is 6.54 Å². The zero-order chi connectivity index (χ0) is 19.1. The molecule has 1 unspecified atom stereocenters. The number of amides is 1. The number of rotatable bonds is 7. The molecule has 5 heteroatoms. The van der Waals surface area contributed by atoms with Crippen LogP contribution in [0.5, 0.6) is 5.75 Å². The lowest BCUT2D eigenvalue weighted by atomic mass is 10.1. The molecular weight excluding hydrogens is 338 g/mol. The molecule has 0 aliphatic heterocycles. The van der Waals surface area contributed by atoms with Crippen LogP contribution < -0.4 is 15.4 Å². The Bertz CT molecular complexity index is 880. The molecule has 1 heterocycles. The van der Waals surface area contributed by atoms with Crippen molar-refractivity contribution in [2.24, 2.45) is 0 Å². The van der Waals surface area contributed by atoms with Crippen molar-refractivity contribution >= 4 is 11.7 Å². The van der Waals surface area contributed by atoms with Gasteiger partial charge in [-0.05, 0) is 30.7 Å². The number of nitrogens with zero attached hydrogens (tertiary/aromatic N) is 1. The first-order valence-corrected chi connectivity index (χ1v) is 8.85. The van der Waals surface area contributed by atoms with Gasteiger partial charge in [-0.1, -0.05) is 48.5 Å². The van der Waals surface area contributed by atoms with E-state index in [-0.39, 0.29) is 11.9 Å². The lowest BCUT2D eigenvalue weighted by Crippen LogP contribution is -2.23. The van der Waals surface area contributed by atoms with Gasteiger partial charge in [0.2, 0.25) is 0 Å². The summed E-state index contributed by atoms with van der Waals surface area (Å²) >= 11 is 0. The zero-order valence-corrected chi connectivity index (χ0v) is 15.5. The average Bonchev–Trinajstić information content (AvgIpc) is 2.73. The minimum absolute atomic E-state index is 0.129. The molecule has 0 fully saturated rings. The Kier molecular flexibility index (Phi) is 6.05. The first-order chi connectivity index (χ1) is 13.2. The average molecular weight is 361 g/mol. The number of carbonyl (C=O) groups excluding carboxylic acids is 1. The summed E-state index contributed by atoms with van der Waals surface area (Å²) < 4.78 is 5.30. The summed E-state index contributed by atoms with van der Waals surface area (Å²) in [4.78, 5) is 16.7. The van der Waals surface area contributed by atoms with Crippen LogP contribution in [0.25, 0.3) is 0 Å². The highest BCUT2D eigenvalue weighted by Gasteiger charge is 2.09. The van der Waals surface area contributed by atoms with Crippen molar-refractivity contribution in [1.82, 2.24) is 10.3 Å². The summed E-state index contributed by atoms with van der Waals surface area (Å²) in [5, 5.41) is 6.23. The van der Waals surface area contributed by atoms with Gasteiger partial charge in [0.15, 0.2) is 0 Å². The maximum absolute atomic E-state index is 12.4. The second kappa shape index (κ2) is 8.85. The number of methoxy groups -OCH3 is 1. The zero-order valence-electron chi connectivity index (χ0n) is 15.5. The molecule has 0 spiro atoms. The number of ether oxygens (including phenoxy) is 1. The Morgan fingerprint density at radius 2 is 1.78 bits per heavy atom. The molecule has 1 amide bonds. The second-order valence-electron chi connectivity index (χ2n) is 6.20. The fourth-order valence-corrected chi connectivity index (χ4v) is 2.79. The molecule has 0 saturated carbocycles. The number of nitrogens with one attached hydrogen (secondary N) is 2. The minimum atomic E-state index is -0.170. The van der Waals surface area contributed by atoms with Gasteiger partial charge < -0.3 is 15.4 Å². The molecule has 0 bridgehead atoms. The van der Waals surface area contributed by atoms with Crippen LogP contribution in [0.1, 0.15) is 34.5 Å². The van der Waals surface area contributed by atoms with Crippen LogP contribution in [0.15, 0.2) is 72.9 Å². The molecule has 138 valence electrons. The Morgan fingerprint density at radius 3 is 2.48 bits per heavy atom. The molecule has 1 atom stereocenters. The van der Waals surface area contributed by atoms with E-state index in [4.69, 9.17) is 4.74 Å². The van der Waals surface area contributed by atoms with Crippen LogP contribution in [0.4, 0.5) is 5.82 Å². The third kappa shape index (κ3) is 4.85. The van der Waals surface area contributed by atoms with Gasteiger partial charge in [0.25, 0.3) is 5.91 Å². The van der Waals surface area contributed by atoms with Gasteiger partial charge in [0, 0.05) is 24.3 Å². The Balaban J connectivity index is 1.59. The highest BCUT2D eigenvalue weighted by Crippen LogP contribution is 2.18. The van der Waals surface area contributed by atoms with Crippen LogP contribution in [0.2, 0.25) is 0 Å². The molecule has 0 aliphatic rings. The number of carbonyl (C=O) groups is 1. The second-order valence-corrected chi connectivity index (χ2v) is 6.20. The lowest BCUT2D eigenvalue weighted by Gasteiger charge is -2.15. The van der Waals surface area contributed by atoms with Gasteiger partial charge in [0.05, 0.1) is 12.7 Å². The van der Waals surface area contributed by atoms with E-state index in [0.717, 1.165) is 17.1 Å². The Morgan fingerprint density at radius 1 is 1.04 bits per heavy atom. The predicted molar refractivity (Wildman–Crippen MR) is 107 cm³/mol. The van der Waals surface area contributed by atoms with E-state index in [2.05, 4.69) is 34.7 Å². The van der Waals surface area contributed by atoms with Crippen molar-refractivity contribution in [2.75, 3.05) is 12.4 Å². The molecule has 2 N–H and O–H groups in total. The number of para-hydroxylation sites is 1. The largest absolute Gasteiger partial charge is 0.496 e. The highest BCUT2D eigenvalue weighted by atomic mass is 16.5. The summed E-state index contributed by atoms with van der Waals surface area (Å²) in [6.45, 7) is 2.47. The van der Waals surface area contributed by atoms with E-state index >= 15 is 0 Å². The van der Waals surface area contributed by atoms with E-state index < -0.39 is 0 Å². The number of benzene rings is 2. The van der Waals surface area contributed by atoms with E-state index in [0.29, 0.717) is 12.1 Å². The van der Waals surface area contributed by atoms with Crippen LogP contribution in [0.3, 0.4) is 0 Å². The molecule has 3 aromatic rings. The third-order valence-corrected chi connectivity index (χ3v) is 4.32. The predicted octanol–water partition coefficient (Wildman–Crippen LogP) is 4.19. The summed E-state index contributed by atoms with van der Waals surface area (Å²) in [7, 11) is 1.62. The van der Waals surface area contributed by atoms with Gasteiger partial charge >= 0.3 is 0 Å². The fraction of sp³-hybridized carbons (Fsp3) is 0.182. The number of hydrogen-bond acceptors (Lipinski definition) is 4. The summed E-state index contributed by atoms with van der Waals surface area (Å²) in [5.74, 6) is 1.31. The van der Waals surface area contributed by atoms with Gasteiger partial charge in [-0.2, -0.15) is 0 Å². The minimum Gasteiger partial charge on any atom is -0.496 e. The topological polar surface area (TPSA) is 63.2 Å². The Labute approximate surface area is 159 Å². The maximum atomic E-state index is 12.4. The van der Waals surface area contributed by atoms with E-state index in [1.165, 1.54) is 5.56 Å². The van der Waals surface area contributed by atoms with Gasteiger partial charge in [-0.25, -0.2) is 4.98 Å². The quantitative estimate of drug-likeness (QED) is 0.662. The maximum Gasteiger partial charge on any atom is 0.253 e. The first-order valence-electron chi connectivity index (χ1n) is 8.85. The van der Waals surface area contributed by atoms with Crippen LogP contribution in [-0.4, -0.2) is 18.0 Å². The van der Waals surface area contributed by atoms with E-state index in [1.807, 2.05) is 48.5 Å². The normalized spacial score (nSPS) is 11.5.